The molecule has 0 heterocycles. The monoisotopic (exact) mass is 405 g/mol. The summed E-state index contributed by atoms with van der Waals surface area (Å²) in [6, 6.07) is 13.7. The number of fused-ring (bicyclic) bond motifs is 1. The van der Waals surface area contributed by atoms with Gasteiger partial charge in [-0.15, -0.1) is 11.8 Å². The third-order valence-electron chi connectivity index (χ3n) is 6.76. The lowest BCUT2D eigenvalue weighted by molar-refractivity contribution is 0.501. The number of nitrogens with two attached hydrogens (primary N) is 1. The molecule has 2 aromatic rings. The van der Waals surface area contributed by atoms with Crippen molar-refractivity contribution in [3.63, 3.8) is 0 Å². The van der Waals surface area contributed by atoms with Gasteiger partial charge in [0.25, 0.3) is 0 Å². The summed E-state index contributed by atoms with van der Waals surface area (Å²) >= 11 is 2.04. The van der Waals surface area contributed by atoms with Gasteiger partial charge in [-0.25, -0.2) is 0 Å². The minimum Gasteiger partial charge on any atom is -0.462 e. The predicted molar refractivity (Wildman–Crippen MR) is 122 cm³/mol. The number of aliphatic hydroxyl groups is 1. The van der Waals surface area contributed by atoms with E-state index in [0.29, 0.717) is 5.92 Å². The first-order valence-corrected chi connectivity index (χ1v) is 11.7. The van der Waals surface area contributed by atoms with Crippen molar-refractivity contribution < 1.29 is 5.11 Å². The molecule has 3 N–H and O–H groups in total. The Hall–Kier alpha value is -1.89. The Morgan fingerprint density at radius 1 is 1.14 bits per heavy atom. The fourth-order valence-electron chi connectivity index (χ4n) is 5.06. The zero-order chi connectivity index (χ0) is 20.4. The summed E-state index contributed by atoms with van der Waals surface area (Å²) in [4.78, 5) is 1.46. The predicted octanol–water partition coefficient (Wildman–Crippen LogP) is 5.50. The van der Waals surface area contributed by atoms with Gasteiger partial charge in [0.15, 0.2) is 0 Å². The third kappa shape index (κ3) is 4.49. The van der Waals surface area contributed by atoms with Crippen LogP contribution in [0.25, 0.3) is 0 Å². The molecule has 152 valence electrons. The standard InChI is InChI=1S/C26H31NOS/c1-18-4-3-5-19(2)25(18)29-17-20-6-7-22-15-23(9-8-21(22)14-20)24-10-11-26(27,16-24)12-13-28/h3-5,8-9,15,20,24,28H,6-7,10-11,14,16-17,27H2,1-2H3/t20-,24+,26+/m1/s1. The van der Waals surface area contributed by atoms with E-state index in [4.69, 9.17) is 10.8 Å². The SMILES string of the molecule is Cc1cccc(C)c1SC[C@@H]1CCc2cc([C@H]3CC[C@](N)(C#CO)C3)ccc2C1. The van der Waals surface area contributed by atoms with Gasteiger partial charge in [-0.3, -0.25) is 0 Å². The number of aliphatic hydroxyl groups excluding tert-OH is 1. The van der Waals surface area contributed by atoms with Crippen molar-refractivity contribution in [2.45, 2.75) is 68.7 Å². The second-order valence-corrected chi connectivity index (χ2v) is 10.0. The topological polar surface area (TPSA) is 46.2 Å². The van der Waals surface area contributed by atoms with Crippen LogP contribution in [0.3, 0.4) is 0 Å². The van der Waals surface area contributed by atoms with Crippen molar-refractivity contribution in [3.8, 4) is 12.0 Å². The molecule has 1 saturated carbocycles. The van der Waals surface area contributed by atoms with Crippen LogP contribution in [-0.4, -0.2) is 16.4 Å². The van der Waals surface area contributed by atoms with Crippen LogP contribution in [0.2, 0.25) is 0 Å². The Bertz CT molecular complexity index is 937. The fourth-order valence-corrected chi connectivity index (χ4v) is 6.34. The van der Waals surface area contributed by atoms with Gasteiger partial charge in [0.2, 0.25) is 0 Å². The fraction of sp³-hybridized carbons (Fsp3) is 0.462. The molecule has 2 nitrogen and oxygen atoms in total. The molecule has 0 saturated heterocycles. The average Bonchev–Trinajstić information content (AvgIpc) is 3.09. The van der Waals surface area contributed by atoms with E-state index in [0.717, 1.165) is 25.2 Å². The number of hydrogen-bond acceptors (Lipinski definition) is 3. The van der Waals surface area contributed by atoms with Crippen molar-refractivity contribution >= 4 is 11.8 Å². The van der Waals surface area contributed by atoms with Crippen molar-refractivity contribution in [2.24, 2.45) is 11.7 Å². The highest BCUT2D eigenvalue weighted by Gasteiger charge is 2.35. The number of benzene rings is 2. The number of rotatable bonds is 4. The second kappa shape index (κ2) is 8.46. The molecule has 3 heteroatoms. The van der Waals surface area contributed by atoms with Crippen LogP contribution in [0, 0.1) is 31.8 Å². The maximum atomic E-state index is 8.94. The number of thioether (sulfide) groups is 1. The van der Waals surface area contributed by atoms with Crippen molar-refractivity contribution in [3.05, 3.63) is 64.2 Å². The molecule has 2 aromatic carbocycles. The van der Waals surface area contributed by atoms with Crippen LogP contribution >= 0.6 is 11.8 Å². The molecular formula is C26H31NOS. The van der Waals surface area contributed by atoms with Crippen LogP contribution in [0.5, 0.6) is 0 Å². The van der Waals surface area contributed by atoms with Gasteiger partial charge >= 0.3 is 0 Å². The highest BCUT2D eigenvalue weighted by molar-refractivity contribution is 7.99. The zero-order valence-electron chi connectivity index (χ0n) is 17.5. The van der Waals surface area contributed by atoms with Gasteiger partial charge in [-0.2, -0.15) is 0 Å². The normalized spacial score (nSPS) is 25.9. The van der Waals surface area contributed by atoms with Gasteiger partial charge in [0.1, 0.15) is 6.11 Å². The molecule has 3 atom stereocenters. The molecule has 1 fully saturated rings. The maximum absolute atomic E-state index is 8.94. The lowest BCUT2D eigenvalue weighted by atomic mass is 9.82. The van der Waals surface area contributed by atoms with E-state index in [1.807, 2.05) is 17.9 Å². The van der Waals surface area contributed by atoms with Crippen LogP contribution in [0.1, 0.15) is 59.4 Å². The molecule has 0 spiro atoms. The quantitative estimate of drug-likeness (QED) is 0.521. The summed E-state index contributed by atoms with van der Waals surface area (Å²) < 4.78 is 0. The first-order chi connectivity index (χ1) is 14.0. The summed E-state index contributed by atoms with van der Waals surface area (Å²) in [5, 5.41) is 8.94. The van der Waals surface area contributed by atoms with E-state index in [1.165, 1.54) is 57.7 Å². The van der Waals surface area contributed by atoms with Gasteiger partial charge in [0.05, 0.1) is 5.54 Å². The Morgan fingerprint density at radius 2 is 1.93 bits per heavy atom. The summed E-state index contributed by atoms with van der Waals surface area (Å²) in [5.41, 5.74) is 13.0. The van der Waals surface area contributed by atoms with E-state index in [9.17, 15) is 0 Å². The van der Waals surface area contributed by atoms with Crippen LogP contribution in [-0.2, 0) is 12.8 Å². The number of aryl methyl sites for hydroxylation is 3. The molecule has 0 unspecified atom stereocenters. The largest absolute Gasteiger partial charge is 0.462 e. The minimum absolute atomic E-state index is 0.462. The smallest absolute Gasteiger partial charge is 0.109 e. The molecule has 2 aliphatic carbocycles. The highest BCUT2D eigenvalue weighted by Crippen LogP contribution is 2.41. The molecule has 0 amide bonds. The van der Waals surface area contributed by atoms with Crippen molar-refractivity contribution in [1.82, 2.24) is 0 Å². The van der Waals surface area contributed by atoms with Crippen LogP contribution in [0.4, 0.5) is 0 Å². The highest BCUT2D eigenvalue weighted by atomic mass is 32.2. The summed E-state index contributed by atoms with van der Waals surface area (Å²) in [7, 11) is 0. The van der Waals surface area contributed by atoms with Crippen LogP contribution < -0.4 is 5.73 Å². The Morgan fingerprint density at radius 3 is 2.69 bits per heavy atom. The summed E-state index contributed by atoms with van der Waals surface area (Å²) in [6.45, 7) is 4.44. The molecule has 0 radical (unpaired) electrons. The minimum atomic E-state index is -0.522. The Balaban J connectivity index is 1.40. The van der Waals surface area contributed by atoms with Gasteiger partial charge in [-0.05, 0) is 97.9 Å². The lowest BCUT2D eigenvalue weighted by Gasteiger charge is -2.26. The van der Waals surface area contributed by atoms with E-state index in [-0.39, 0.29) is 0 Å². The van der Waals surface area contributed by atoms with Crippen molar-refractivity contribution in [2.75, 3.05) is 5.75 Å². The molecule has 29 heavy (non-hydrogen) atoms. The first kappa shape index (κ1) is 20.4. The van der Waals surface area contributed by atoms with E-state index < -0.39 is 5.54 Å². The molecular weight excluding hydrogens is 374 g/mol. The van der Waals surface area contributed by atoms with Crippen molar-refractivity contribution in [1.29, 1.82) is 0 Å². The molecule has 0 bridgehead atoms. The molecule has 2 aliphatic rings. The first-order valence-electron chi connectivity index (χ1n) is 10.7. The molecule has 0 aromatic heterocycles. The van der Waals surface area contributed by atoms with E-state index in [2.05, 4.69) is 56.2 Å². The number of hydrogen-bond donors (Lipinski definition) is 2. The maximum Gasteiger partial charge on any atom is 0.109 e. The summed E-state index contributed by atoms with van der Waals surface area (Å²) in [5.74, 6) is 5.22. The van der Waals surface area contributed by atoms with Gasteiger partial charge in [-0.1, -0.05) is 36.4 Å². The second-order valence-electron chi connectivity index (χ2n) is 9.00. The zero-order valence-corrected chi connectivity index (χ0v) is 18.3. The van der Waals surface area contributed by atoms with E-state index >= 15 is 0 Å². The Kier molecular flexibility index (Phi) is 5.95. The third-order valence-corrected chi connectivity index (χ3v) is 8.33. The van der Waals surface area contributed by atoms with Gasteiger partial charge in [0, 0.05) is 10.6 Å². The molecule has 0 aliphatic heterocycles. The van der Waals surface area contributed by atoms with Gasteiger partial charge < -0.3 is 10.8 Å². The lowest BCUT2D eigenvalue weighted by Crippen LogP contribution is -2.34. The van der Waals surface area contributed by atoms with Crippen LogP contribution in [0.15, 0.2) is 41.3 Å². The average molecular weight is 406 g/mol. The Labute approximate surface area is 179 Å². The van der Waals surface area contributed by atoms with E-state index in [1.54, 1.807) is 0 Å². The molecule has 4 rings (SSSR count). The summed E-state index contributed by atoms with van der Waals surface area (Å²) in [6.07, 6.45) is 8.43.